The van der Waals surface area contributed by atoms with Crippen LogP contribution in [0.4, 0.5) is 0 Å². The quantitative estimate of drug-likeness (QED) is 0.146. The Morgan fingerprint density at radius 2 is 1.72 bits per heavy atom. The van der Waals surface area contributed by atoms with Gasteiger partial charge in [0, 0.05) is 12.3 Å². The molecule has 2 heterocycles. The SMILES string of the molecule is O=C(O)[C@@]1(n2ccc(=O)[nH]c2=O)O[C@H](COP(=O)(O)OP(=O)(O)OP(=O)(O)O)[C@@H](O)[C@H]1O. The maximum atomic E-state index is 12.0. The van der Waals surface area contributed by atoms with Crippen molar-refractivity contribution in [2.24, 2.45) is 0 Å². The molecule has 0 saturated carbocycles. The van der Waals surface area contributed by atoms with Crippen molar-refractivity contribution in [3.8, 4) is 0 Å². The van der Waals surface area contributed by atoms with Crippen molar-refractivity contribution in [3.63, 3.8) is 0 Å². The fourth-order valence-electron chi connectivity index (χ4n) is 2.57. The second-order valence-electron chi connectivity index (χ2n) is 5.96. The molecule has 1 saturated heterocycles. The number of aromatic amines is 1. The molecule has 1 aromatic rings. The zero-order valence-corrected chi connectivity index (χ0v) is 17.8. The summed E-state index contributed by atoms with van der Waals surface area (Å²) in [5.41, 5.74) is -5.37. The number of carboxylic acids is 1. The molecule has 1 aliphatic rings. The van der Waals surface area contributed by atoms with Crippen molar-refractivity contribution in [1.29, 1.82) is 0 Å². The van der Waals surface area contributed by atoms with Gasteiger partial charge in [0.2, 0.25) is 0 Å². The van der Waals surface area contributed by atoms with Crippen molar-refractivity contribution >= 4 is 29.4 Å². The van der Waals surface area contributed by atoms with Crippen LogP contribution < -0.4 is 11.2 Å². The van der Waals surface area contributed by atoms with E-state index in [1.807, 2.05) is 0 Å². The maximum absolute atomic E-state index is 12.0. The van der Waals surface area contributed by atoms with Gasteiger partial charge >= 0.3 is 35.1 Å². The summed E-state index contributed by atoms with van der Waals surface area (Å²) in [6.45, 7) is -1.32. The number of aliphatic hydroxyl groups excluding tert-OH is 2. The molecule has 2 rings (SSSR count). The third-order valence-corrected chi connectivity index (χ3v) is 7.55. The normalized spacial score (nSPS) is 29.9. The van der Waals surface area contributed by atoms with E-state index in [0.717, 1.165) is 0 Å². The number of nitrogens with zero attached hydrogens (tertiary/aromatic N) is 1. The Hall–Kier alpha value is -1.56. The molecule has 0 amide bonds. The number of nitrogens with one attached hydrogen (secondary N) is 1. The van der Waals surface area contributed by atoms with Gasteiger partial charge in [0.25, 0.3) is 11.3 Å². The summed E-state index contributed by atoms with van der Waals surface area (Å²) in [5.74, 6) is -2.04. The predicted molar refractivity (Wildman–Crippen MR) is 93.6 cm³/mol. The Labute approximate surface area is 174 Å². The van der Waals surface area contributed by atoms with Gasteiger partial charge in [-0.05, 0) is 0 Å². The molecule has 6 atom stereocenters. The summed E-state index contributed by atoms with van der Waals surface area (Å²) in [6, 6.07) is 0.688. The summed E-state index contributed by atoms with van der Waals surface area (Å²) < 4.78 is 50.0. The summed E-state index contributed by atoms with van der Waals surface area (Å²) >= 11 is 0. The Morgan fingerprint density at radius 1 is 1.12 bits per heavy atom. The standard InChI is InChI=1S/C10H15N2O17P3/c13-5-1-2-12(9(18)11-5)10(8(16)17)7(15)6(14)4(27-10)3-26-31(22,23)29-32(24,25)28-30(19,20)21/h1-2,4,6-7,14-15H,3H2,(H,16,17)(H,22,23)(H,24,25)(H,11,13,18)(H2,19,20,21)/t4-,6-,7-,10+/m1/s1. The van der Waals surface area contributed by atoms with Crippen molar-refractivity contribution in [2.45, 2.75) is 24.0 Å². The average Bonchev–Trinajstić information content (AvgIpc) is 2.83. The molecule has 22 heteroatoms. The van der Waals surface area contributed by atoms with Crippen molar-refractivity contribution in [1.82, 2.24) is 9.55 Å². The van der Waals surface area contributed by atoms with Crippen LogP contribution in [0.3, 0.4) is 0 Å². The van der Waals surface area contributed by atoms with Gasteiger partial charge in [-0.3, -0.25) is 18.9 Å². The average molecular weight is 528 g/mol. The Morgan fingerprint density at radius 3 is 2.22 bits per heavy atom. The molecular weight excluding hydrogens is 513 g/mol. The lowest BCUT2D eigenvalue weighted by Gasteiger charge is -2.29. The van der Waals surface area contributed by atoms with E-state index in [-0.39, 0.29) is 4.57 Å². The first-order valence-electron chi connectivity index (χ1n) is 7.78. The third kappa shape index (κ3) is 5.86. The zero-order chi connectivity index (χ0) is 24.7. The van der Waals surface area contributed by atoms with E-state index >= 15 is 0 Å². The van der Waals surface area contributed by atoms with E-state index in [1.165, 1.54) is 0 Å². The van der Waals surface area contributed by atoms with Crippen LogP contribution in [0.5, 0.6) is 0 Å². The minimum atomic E-state index is -5.85. The molecule has 32 heavy (non-hydrogen) atoms. The van der Waals surface area contributed by atoms with Crippen LogP contribution in [0.25, 0.3) is 0 Å². The number of phosphoric ester groups is 1. The van der Waals surface area contributed by atoms with Gasteiger partial charge in [-0.1, -0.05) is 0 Å². The number of ether oxygens (including phenoxy) is 1. The number of carbonyl (C=O) groups is 1. The van der Waals surface area contributed by atoms with E-state index in [9.17, 15) is 48.3 Å². The molecule has 0 aliphatic carbocycles. The topological polar surface area (TPSA) is 302 Å². The van der Waals surface area contributed by atoms with Crippen LogP contribution >= 0.6 is 23.5 Å². The summed E-state index contributed by atoms with van der Waals surface area (Å²) in [7, 11) is -17.2. The van der Waals surface area contributed by atoms with Gasteiger partial charge < -0.3 is 39.6 Å². The number of aliphatic carboxylic acids is 1. The zero-order valence-electron chi connectivity index (χ0n) is 15.1. The van der Waals surface area contributed by atoms with Gasteiger partial charge in [-0.2, -0.15) is 8.62 Å². The first-order valence-corrected chi connectivity index (χ1v) is 12.3. The molecule has 0 aromatic carbocycles. The van der Waals surface area contributed by atoms with Crippen LogP contribution in [0.2, 0.25) is 0 Å². The minimum Gasteiger partial charge on any atom is -0.478 e. The lowest BCUT2D eigenvalue weighted by Crippen LogP contribution is -2.56. The first-order chi connectivity index (χ1) is 14.4. The first kappa shape index (κ1) is 26.7. The molecule has 0 bridgehead atoms. The number of rotatable bonds is 9. The number of H-pyrrole nitrogens is 1. The fraction of sp³-hybridized carbons (Fsp3) is 0.500. The largest absolute Gasteiger partial charge is 0.490 e. The molecule has 2 unspecified atom stereocenters. The Kier molecular flexibility index (Phi) is 7.51. The van der Waals surface area contributed by atoms with E-state index in [0.29, 0.717) is 12.3 Å². The number of carboxylic acid groups (broad SMARTS) is 1. The van der Waals surface area contributed by atoms with Gasteiger partial charge in [0.1, 0.15) is 18.3 Å². The fourth-order valence-corrected chi connectivity index (χ4v) is 5.60. The molecule has 0 spiro atoms. The second kappa shape index (κ2) is 9.00. The summed E-state index contributed by atoms with van der Waals surface area (Å²) in [4.78, 5) is 72.1. The Bertz CT molecular complexity index is 1140. The van der Waals surface area contributed by atoms with Crippen molar-refractivity contribution < 1.29 is 71.3 Å². The Balaban J connectivity index is 2.26. The maximum Gasteiger partial charge on any atom is 0.490 e. The van der Waals surface area contributed by atoms with Crippen LogP contribution in [-0.2, 0) is 42.1 Å². The molecule has 1 aliphatic heterocycles. The predicted octanol–water partition coefficient (Wildman–Crippen LogP) is -3.26. The summed E-state index contributed by atoms with van der Waals surface area (Å²) in [5, 5.41) is 29.8. The molecule has 1 aromatic heterocycles. The van der Waals surface area contributed by atoms with Gasteiger partial charge in [0.15, 0.2) is 0 Å². The van der Waals surface area contributed by atoms with Crippen LogP contribution in [0.1, 0.15) is 0 Å². The molecule has 8 N–H and O–H groups in total. The van der Waals surface area contributed by atoms with E-state index < -0.39 is 71.3 Å². The van der Waals surface area contributed by atoms with Crippen LogP contribution in [0, 0.1) is 0 Å². The third-order valence-electron chi connectivity index (χ3n) is 3.74. The van der Waals surface area contributed by atoms with Gasteiger partial charge in [0.05, 0.1) is 6.61 Å². The number of phosphoric acid groups is 3. The van der Waals surface area contributed by atoms with Gasteiger partial charge in [-0.15, -0.1) is 0 Å². The minimum absolute atomic E-state index is 0.204. The molecule has 182 valence electrons. The van der Waals surface area contributed by atoms with Crippen LogP contribution in [-0.4, -0.2) is 75.3 Å². The number of hydrogen-bond acceptors (Lipinski definition) is 12. The molecular formula is C10H15N2O17P3. The summed E-state index contributed by atoms with van der Waals surface area (Å²) in [6.07, 6.45) is -6.00. The monoisotopic (exact) mass is 528 g/mol. The highest BCUT2D eigenvalue weighted by molar-refractivity contribution is 7.66. The van der Waals surface area contributed by atoms with Gasteiger partial charge in [-0.25, -0.2) is 23.3 Å². The molecule has 19 nitrogen and oxygen atoms in total. The molecule has 0 radical (unpaired) electrons. The van der Waals surface area contributed by atoms with E-state index in [2.05, 4.69) is 13.1 Å². The van der Waals surface area contributed by atoms with E-state index in [4.69, 9.17) is 19.4 Å². The molecule has 1 fully saturated rings. The number of aliphatic hydroxyl groups is 2. The highest BCUT2D eigenvalue weighted by atomic mass is 31.3. The highest BCUT2D eigenvalue weighted by Crippen LogP contribution is 2.66. The number of hydrogen-bond donors (Lipinski definition) is 8. The lowest BCUT2D eigenvalue weighted by atomic mass is 10.0. The second-order valence-corrected chi connectivity index (χ2v) is 10.4. The number of aromatic nitrogens is 2. The lowest BCUT2D eigenvalue weighted by molar-refractivity contribution is -0.195. The smallest absolute Gasteiger partial charge is 0.478 e. The van der Waals surface area contributed by atoms with Crippen LogP contribution in [0.15, 0.2) is 21.9 Å². The van der Waals surface area contributed by atoms with E-state index in [1.54, 1.807) is 4.98 Å². The van der Waals surface area contributed by atoms with Crippen molar-refractivity contribution in [3.05, 3.63) is 33.1 Å². The highest BCUT2D eigenvalue weighted by Gasteiger charge is 2.62. The van der Waals surface area contributed by atoms with Crippen molar-refractivity contribution in [2.75, 3.05) is 6.61 Å².